The molecule has 0 aromatic heterocycles. The highest BCUT2D eigenvalue weighted by Crippen LogP contribution is 2.49. The Morgan fingerprint density at radius 1 is 0.844 bits per heavy atom. The number of halogens is 2. The van der Waals surface area contributed by atoms with Crippen LogP contribution >= 0.6 is 0 Å². The molecular weight excluding hydrogens is 402 g/mol. The Labute approximate surface area is 194 Å². The fourth-order valence-corrected chi connectivity index (χ4v) is 7.12. The van der Waals surface area contributed by atoms with E-state index in [0.29, 0.717) is 23.7 Å². The van der Waals surface area contributed by atoms with E-state index in [1.165, 1.54) is 51.4 Å². The largest absolute Gasteiger partial charge is 0.378 e. The van der Waals surface area contributed by atoms with E-state index < -0.39 is 11.6 Å². The van der Waals surface area contributed by atoms with Gasteiger partial charge in [-0.2, -0.15) is 0 Å². The van der Waals surface area contributed by atoms with Gasteiger partial charge in [-0.25, -0.2) is 8.78 Å². The van der Waals surface area contributed by atoms with Crippen molar-refractivity contribution in [1.82, 2.24) is 0 Å². The van der Waals surface area contributed by atoms with E-state index in [4.69, 9.17) is 4.74 Å². The molecule has 0 heterocycles. The van der Waals surface area contributed by atoms with Crippen LogP contribution in [0.25, 0.3) is 0 Å². The average Bonchev–Trinajstić information content (AvgIpc) is 2.82. The van der Waals surface area contributed by atoms with Crippen molar-refractivity contribution in [1.29, 1.82) is 0 Å². The Balaban J connectivity index is 1.30. The molecule has 1 aromatic carbocycles. The topological polar surface area (TPSA) is 9.23 Å². The summed E-state index contributed by atoms with van der Waals surface area (Å²) in [5.74, 6) is 2.37. The summed E-state index contributed by atoms with van der Waals surface area (Å²) in [7, 11) is 0. The third-order valence-corrected chi connectivity index (χ3v) is 8.89. The van der Waals surface area contributed by atoms with Gasteiger partial charge in [0.25, 0.3) is 0 Å². The molecule has 0 N–H and O–H groups in total. The van der Waals surface area contributed by atoms with Crippen LogP contribution < -0.4 is 0 Å². The Hall–Kier alpha value is -1.22. The van der Waals surface area contributed by atoms with Crippen LogP contribution in [-0.2, 0) is 11.2 Å². The molecule has 0 bridgehead atoms. The molecule has 0 spiro atoms. The lowest BCUT2D eigenvalue weighted by Crippen LogP contribution is -2.36. The van der Waals surface area contributed by atoms with Crippen LogP contribution in [0.4, 0.5) is 8.78 Å². The van der Waals surface area contributed by atoms with Gasteiger partial charge in [0.2, 0.25) is 0 Å². The highest BCUT2D eigenvalue weighted by atomic mass is 19.2. The molecule has 178 valence electrons. The number of allylic oxidation sites excluding steroid dienone is 2. The maximum Gasteiger partial charge on any atom is 0.162 e. The van der Waals surface area contributed by atoms with Gasteiger partial charge in [0.05, 0.1) is 6.10 Å². The van der Waals surface area contributed by atoms with E-state index in [-0.39, 0.29) is 5.92 Å². The number of aryl methyl sites for hydroxylation is 1. The zero-order valence-electron chi connectivity index (χ0n) is 20.1. The van der Waals surface area contributed by atoms with Gasteiger partial charge in [-0.1, -0.05) is 24.3 Å². The summed E-state index contributed by atoms with van der Waals surface area (Å²) in [5.41, 5.74) is 1.13. The van der Waals surface area contributed by atoms with Crippen molar-refractivity contribution < 1.29 is 13.5 Å². The van der Waals surface area contributed by atoms with Crippen molar-refractivity contribution in [3.63, 3.8) is 0 Å². The summed E-state index contributed by atoms with van der Waals surface area (Å²) in [5, 5.41) is 0. The standard InChI is InChI=1S/C29H42F2O/c1-3-5-6-7-22-15-17-27(29(31)28(22)30)21-10-8-20(9-11-21)23-12-13-25-19-26(32-4-2)16-14-24(25)18-23/h3,5,15,17,20-21,23-26H,4,6-14,16,18-19H2,1-2H3/b5-3+. The lowest BCUT2D eigenvalue weighted by atomic mass is 9.62. The molecule has 4 unspecified atom stereocenters. The van der Waals surface area contributed by atoms with Crippen molar-refractivity contribution in [3.05, 3.63) is 47.0 Å². The van der Waals surface area contributed by atoms with Gasteiger partial charge in [-0.3, -0.25) is 0 Å². The molecule has 3 fully saturated rings. The first-order chi connectivity index (χ1) is 15.6. The van der Waals surface area contributed by atoms with Gasteiger partial charge in [-0.15, -0.1) is 0 Å². The molecule has 4 rings (SSSR count). The maximum absolute atomic E-state index is 14.9. The second-order valence-corrected chi connectivity index (χ2v) is 10.6. The lowest BCUT2D eigenvalue weighted by molar-refractivity contribution is -0.0205. The number of hydrogen-bond acceptors (Lipinski definition) is 1. The minimum Gasteiger partial charge on any atom is -0.378 e. The van der Waals surface area contributed by atoms with Crippen LogP contribution in [0.5, 0.6) is 0 Å². The van der Waals surface area contributed by atoms with Crippen LogP contribution in [0.15, 0.2) is 24.3 Å². The van der Waals surface area contributed by atoms with Crippen molar-refractivity contribution >= 4 is 0 Å². The maximum atomic E-state index is 14.9. The SMILES string of the molecule is C/C=C/CCc1ccc(C2CCC(C3CCC4CC(OCC)CCC4C3)CC2)c(F)c1F. The number of rotatable bonds is 7. The fraction of sp³-hybridized carbons (Fsp3) is 0.724. The van der Waals surface area contributed by atoms with E-state index in [0.717, 1.165) is 49.5 Å². The van der Waals surface area contributed by atoms with Crippen LogP contribution in [-0.4, -0.2) is 12.7 Å². The van der Waals surface area contributed by atoms with Crippen LogP contribution in [0.2, 0.25) is 0 Å². The Morgan fingerprint density at radius 3 is 2.22 bits per heavy atom. The number of ether oxygens (including phenoxy) is 1. The summed E-state index contributed by atoms with van der Waals surface area (Å²) in [4.78, 5) is 0. The van der Waals surface area contributed by atoms with E-state index in [2.05, 4.69) is 6.92 Å². The number of hydrogen-bond donors (Lipinski definition) is 0. The first-order valence-corrected chi connectivity index (χ1v) is 13.3. The normalized spacial score (nSPS) is 33.4. The van der Waals surface area contributed by atoms with Gasteiger partial charge in [0, 0.05) is 6.61 Å². The molecule has 4 atom stereocenters. The average molecular weight is 445 g/mol. The van der Waals surface area contributed by atoms with Crippen molar-refractivity contribution in [2.24, 2.45) is 23.7 Å². The van der Waals surface area contributed by atoms with Gasteiger partial charge < -0.3 is 4.74 Å². The summed E-state index contributed by atoms with van der Waals surface area (Å²) >= 11 is 0. The third-order valence-electron chi connectivity index (χ3n) is 8.89. The van der Waals surface area contributed by atoms with Crippen molar-refractivity contribution in [2.75, 3.05) is 6.61 Å². The fourth-order valence-electron chi connectivity index (χ4n) is 7.12. The highest BCUT2D eigenvalue weighted by molar-refractivity contribution is 5.29. The number of benzene rings is 1. The van der Waals surface area contributed by atoms with Gasteiger partial charge in [0.15, 0.2) is 11.6 Å². The lowest BCUT2D eigenvalue weighted by Gasteiger charge is -2.45. The molecule has 3 aliphatic rings. The molecule has 3 aliphatic carbocycles. The third kappa shape index (κ3) is 5.46. The zero-order chi connectivity index (χ0) is 22.5. The quantitative estimate of drug-likeness (QED) is 0.384. The molecule has 1 nitrogen and oxygen atoms in total. The van der Waals surface area contributed by atoms with Gasteiger partial charge in [0.1, 0.15) is 0 Å². The molecule has 0 saturated heterocycles. The Kier molecular flexibility index (Phi) is 8.43. The highest BCUT2D eigenvalue weighted by Gasteiger charge is 2.39. The molecular formula is C29H42F2O. The Morgan fingerprint density at radius 2 is 1.50 bits per heavy atom. The monoisotopic (exact) mass is 444 g/mol. The molecule has 0 radical (unpaired) electrons. The predicted octanol–water partition coefficient (Wildman–Crippen LogP) is 8.37. The second-order valence-electron chi connectivity index (χ2n) is 10.6. The summed E-state index contributed by atoms with van der Waals surface area (Å²) < 4.78 is 35.4. The van der Waals surface area contributed by atoms with Crippen molar-refractivity contribution in [3.8, 4) is 0 Å². The zero-order valence-corrected chi connectivity index (χ0v) is 20.1. The molecule has 32 heavy (non-hydrogen) atoms. The number of fused-ring (bicyclic) bond motifs is 1. The summed E-state index contributed by atoms with van der Waals surface area (Å²) in [6, 6.07) is 3.69. The smallest absolute Gasteiger partial charge is 0.162 e. The van der Waals surface area contributed by atoms with Crippen LogP contribution in [0.1, 0.15) is 102 Å². The van der Waals surface area contributed by atoms with Gasteiger partial charge >= 0.3 is 0 Å². The second kappa shape index (κ2) is 11.3. The molecule has 1 aromatic rings. The Bertz CT molecular complexity index is 765. The first kappa shape index (κ1) is 23.9. The minimum atomic E-state index is -0.616. The van der Waals surface area contributed by atoms with E-state index in [1.807, 2.05) is 31.2 Å². The molecule has 0 amide bonds. The van der Waals surface area contributed by atoms with E-state index >= 15 is 0 Å². The van der Waals surface area contributed by atoms with E-state index in [1.54, 1.807) is 0 Å². The van der Waals surface area contributed by atoms with Crippen LogP contribution in [0.3, 0.4) is 0 Å². The summed E-state index contributed by atoms with van der Waals surface area (Å²) in [6.45, 7) is 4.91. The first-order valence-electron chi connectivity index (χ1n) is 13.3. The van der Waals surface area contributed by atoms with Gasteiger partial charge in [-0.05, 0) is 132 Å². The predicted molar refractivity (Wildman–Crippen MR) is 128 cm³/mol. The minimum absolute atomic E-state index is 0.184. The van der Waals surface area contributed by atoms with Crippen LogP contribution in [0, 0.1) is 35.3 Å². The molecule has 0 aliphatic heterocycles. The van der Waals surface area contributed by atoms with E-state index in [9.17, 15) is 8.78 Å². The van der Waals surface area contributed by atoms with Crippen molar-refractivity contribution in [2.45, 2.75) is 103 Å². The molecule has 3 heteroatoms. The molecule has 3 saturated carbocycles. The summed E-state index contributed by atoms with van der Waals surface area (Å²) in [6.07, 6.45) is 18.1.